The summed E-state index contributed by atoms with van der Waals surface area (Å²) in [6.45, 7) is 7.19. The van der Waals surface area contributed by atoms with Crippen LogP contribution in [0.25, 0.3) is 27.3 Å². The van der Waals surface area contributed by atoms with Gasteiger partial charge in [0.1, 0.15) is 0 Å². The van der Waals surface area contributed by atoms with Gasteiger partial charge in [0.15, 0.2) is 0 Å². The fourth-order valence-electron chi connectivity index (χ4n) is 3.52. The number of halogens is 2. The van der Waals surface area contributed by atoms with Crippen LogP contribution in [0.3, 0.4) is 0 Å². The number of hydrogen-bond acceptors (Lipinski definition) is 0. The zero-order chi connectivity index (χ0) is 21.2. The predicted octanol–water partition coefficient (Wildman–Crippen LogP) is 3.46. The zero-order valence-corrected chi connectivity index (χ0v) is 26.3. The van der Waals surface area contributed by atoms with Crippen molar-refractivity contribution in [1.82, 2.24) is 0 Å². The standard InChI is InChI=1S/C13H9.C12H26N.C2H6Si.2ClH.Hf/c1-3-7-12-10(5-1)9-11-6-2-4-8-13(11)12;1-2-3-4-5-6-7-8-9-10-11-12-13;1-3-2;;;/h1-9H;13H,2-12H2,1H3;1-2H3;2*1H;/q2*-1;;;;+4/p-2. The minimum absolute atomic E-state index is 0. The monoisotopic (exact) mass is 657 g/mol. The second kappa shape index (κ2) is 25.6. The number of nitrogens with one attached hydrogen (secondary N) is 1. The molecular weight excluding hydrogens is 616 g/mol. The summed E-state index contributed by atoms with van der Waals surface area (Å²) in [4.78, 5) is 0. The fourth-order valence-corrected chi connectivity index (χ4v) is 3.52. The van der Waals surface area contributed by atoms with Gasteiger partial charge in [-0.2, -0.15) is 6.54 Å². The van der Waals surface area contributed by atoms with E-state index in [1.165, 1.54) is 79.3 Å². The van der Waals surface area contributed by atoms with Crippen molar-refractivity contribution in [1.29, 1.82) is 0 Å². The third kappa shape index (κ3) is 15.7. The van der Waals surface area contributed by atoms with E-state index in [0.29, 0.717) is 6.54 Å². The van der Waals surface area contributed by atoms with Crippen LogP contribution in [0.1, 0.15) is 71.1 Å². The van der Waals surface area contributed by atoms with Crippen molar-refractivity contribution in [3.8, 4) is 0 Å². The van der Waals surface area contributed by atoms with E-state index >= 15 is 0 Å². The Bertz CT molecular complexity index is 703. The van der Waals surface area contributed by atoms with Crippen molar-refractivity contribution in [3.05, 3.63) is 60.3 Å². The Hall–Kier alpha value is -0.0630. The molecule has 3 rings (SSSR count). The van der Waals surface area contributed by atoms with Gasteiger partial charge in [-0.15, -0.1) is 39.7 Å². The molecule has 0 saturated heterocycles. The summed E-state index contributed by atoms with van der Waals surface area (Å²) < 4.78 is 0. The molecule has 0 amide bonds. The van der Waals surface area contributed by atoms with Gasteiger partial charge in [0.05, 0.1) is 0 Å². The molecule has 1 nitrogen and oxygen atoms in total. The molecule has 0 unspecified atom stereocenters. The Morgan fingerprint density at radius 2 is 1.00 bits per heavy atom. The van der Waals surface area contributed by atoms with E-state index in [1.54, 1.807) is 0 Å². The normalized spacial score (nSPS) is 9.38. The third-order valence-electron chi connectivity index (χ3n) is 5.05. The number of unbranched alkanes of at least 4 members (excludes halogenated alkanes) is 9. The van der Waals surface area contributed by atoms with Gasteiger partial charge in [-0.25, -0.2) is 0 Å². The zero-order valence-electron chi connectivity index (χ0n) is 20.2. The van der Waals surface area contributed by atoms with Crippen LogP contribution in [-0.2, 0) is 25.8 Å². The smallest absolute Gasteiger partial charge is 1.00 e. The van der Waals surface area contributed by atoms with Gasteiger partial charge in [0, 0.05) is 9.52 Å². The maximum absolute atomic E-state index is 7.00. The molecule has 32 heavy (non-hydrogen) atoms. The Morgan fingerprint density at radius 1 is 0.656 bits per heavy atom. The molecule has 0 aliphatic rings. The van der Waals surface area contributed by atoms with Gasteiger partial charge in [-0.1, -0.05) is 121 Å². The summed E-state index contributed by atoms with van der Waals surface area (Å²) in [5, 5.41) is 5.39. The van der Waals surface area contributed by atoms with Crippen molar-refractivity contribution in [2.75, 3.05) is 6.54 Å². The Labute approximate surface area is 231 Å². The van der Waals surface area contributed by atoms with Gasteiger partial charge in [0.2, 0.25) is 0 Å². The molecule has 3 aromatic rings. The average Bonchev–Trinajstić information content (AvgIpc) is 3.12. The van der Waals surface area contributed by atoms with E-state index in [-0.39, 0.29) is 50.7 Å². The molecular formula is C27H41Cl2HfNSi. The summed E-state index contributed by atoms with van der Waals surface area (Å²) in [6, 6.07) is 19.3. The van der Waals surface area contributed by atoms with E-state index in [0.717, 1.165) is 15.9 Å². The summed E-state index contributed by atoms with van der Waals surface area (Å²) in [6.07, 6.45) is 13.6. The first-order valence-electron chi connectivity index (χ1n) is 11.5. The molecule has 0 aliphatic heterocycles. The number of fused-ring (bicyclic) bond motifs is 3. The third-order valence-corrected chi connectivity index (χ3v) is 5.05. The molecule has 0 bridgehead atoms. The van der Waals surface area contributed by atoms with E-state index < -0.39 is 0 Å². The Balaban J connectivity index is -0.000000432. The number of rotatable bonds is 10. The minimum Gasteiger partial charge on any atom is -1.00 e. The number of benzene rings is 2. The summed E-state index contributed by atoms with van der Waals surface area (Å²) in [5.41, 5.74) is 7.00. The van der Waals surface area contributed by atoms with Gasteiger partial charge in [-0.05, 0) is 0 Å². The molecule has 0 aliphatic carbocycles. The largest absolute Gasteiger partial charge is 4.00 e. The van der Waals surface area contributed by atoms with Crippen LogP contribution >= 0.6 is 0 Å². The Kier molecular flexibility index (Phi) is 29.2. The van der Waals surface area contributed by atoms with Crippen molar-refractivity contribution >= 4 is 31.1 Å². The molecule has 176 valence electrons. The van der Waals surface area contributed by atoms with Crippen LogP contribution in [0.2, 0.25) is 13.1 Å². The Morgan fingerprint density at radius 3 is 1.38 bits per heavy atom. The number of hydrogen-bond donors (Lipinski definition) is 0. The minimum atomic E-state index is 0. The van der Waals surface area contributed by atoms with E-state index in [4.69, 9.17) is 5.73 Å². The van der Waals surface area contributed by atoms with Crippen LogP contribution in [0.5, 0.6) is 0 Å². The van der Waals surface area contributed by atoms with Crippen LogP contribution in [0.15, 0.2) is 54.6 Å². The van der Waals surface area contributed by atoms with E-state index in [9.17, 15) is 0 Å². The first kappa shape index (κ1) is 36.5. The molecule has 3 aromatic carbocycles. The molecule has 0 spiro atoms. The maximum Gasteiger partial charge on any atom is 4.00 e. The SMILES string of the molecule is CCCCCCCCCCCC[NH-].C[Si]C.[Cl-].[Cl-].[Hf+4].c1ccc2c(c1)[cH-]c1ccccc12. The molecule has 5 heteroatoms. The quantitative estimate of drug-likeness (QED) is 0.182. The molecule has 0 aromatic heterocycles. The van der Waals surface area contributed by atoms with Crippen molar-refractivity contribution in [2.45, 2.75) is 84.2 Å². The topological polar surface area (TPSA) is 23.8 Å². The van der Waals surface area contributed by atoms with Gasteiger partial charge in [-0.3, -0.25) is 0 Å². The first-order chi connectivity index (χ1) is 14.3. The molecule has 0 saturated carbocycles. The summed E-state index contributed by atoms with van der Waals surface area (Å²) in [7, 11) is 1.08. The maximum atomic E-state index is 7.00. The molecule has 1 N–H and O–H groups in total. The van der Waals surface area contributed by atoms with Crippen molar-refractivity contribution in [2.24, 2.45) is 0 Å². The van der Waals surface area contributed by atoms with Crippen LogP contribution < -0.4 is 24.8 Å². The van der Waals surface area contributed by atoms with E-state index in [1.807, 2.05) is 0 Å². The summed E-state index contributed by atoms with van der Waals surface area (Å²) in [5.74, 6) is 0. The van der Waals surface area contributed by atoms with Crippen molar-refractivity contribution < 1.29 is 50.7 Å². The second-order valence-electron chi connectivity index (χ2n) is 7.75. The van der Waals surface area contributed by atoms with Crippen molar-refractivity contribution in [3.63, 3.8) is 0 Å². The molecule has 0 atom stereocenters. The second-order valence-corrected chi connectivity index (χ2v) is 8.75. The van der Waals surface area contributed by atoms with E-state index in [2.05, 4.69) is 74.6 Å². The molecule has 2 radical (unpaired) electrons. The van der Waals surface area contributed by atoms with Crippen LogP contribution in [0.4, 0.5) is 0 Å². The molecule has 0 fully saturated rings. The summed E-state index contributed by atoms with van der Waals surface area (Å²) >= 11 is 0. The fraction of sp³-hybridized carbons (Fsp3) is 0.519. The first-order valence-corrected chi connectivity index (χ1v) is 13.5. The van der Waals surface area contributed by atoms with Gasteiger partial charge < -0.3 is 30.5 Å². The van der Waals surface area contributed by atoms with Crippen LogP contribution in [0, 0.1) is 0 Å². The van der Waals surface area contributed by atoms with Gasteiger partial charge in [0.25, 0.3) is 0 Å². The van der Waals surface area contributed by atoms with Crippen LogP contribution in [-0.4, -0.2) is 16.1 Å². The average molecular weight is 657 g/mol. The van der Waals surface area contributed by atoms with Gasteiger partial charge >= 0.3 is 25.8 Å². The molecule has 0 heterocycles. The predicted molar refractivity (Wildman–Crippen MR) is 136 cm³/mol.